The van der Waals surface area contributed by atoms with Crippen LogP contribution < -0.4 is 11.0 Å². The molecule has 5 heteroatoms. The van der Waals surface area contributed by atoms with Crippen LogP contribution in [0.4, 0.5) is 5.82 Å². The maximum atomic E-state index is 11.2. The molecule has 1 aromatic heterocycles. The van der Waals surface area contributed by atoms with Crippen LogP contribution in [0.5, 0.6) is 0 Å². The highest BCUT2D eigenvalue weighted by molar-refractivity contribution is 5.87. The van der Waals surface area contributed by atoms with E-state index in [1.54, 1.807) is 12.3 Å². The summed E-state index contributed by atoms with van der Waals surface area (Å²) in [7, 11) is 0. The third-order valence-corrected chi connectivity index (χ3v) is 1.52. The summed E-state index contributed by atoms with van der Waals surface area (Å²) >= 11 is 0. The van der Waals surface area contributed by atoms with Gasteiger partial charge in [-0.1, -0.05) is 0 Å². The van der Waals surface area contributed by atoms with Crippen LogP contribution in [0.1, 0.15) is 13.8 Å². The van der Waals surface area contributed by atoms with Crippen molar-refractivity contribution in [2.24, 2.45) is 0 Å². The first-order chi connectivity index (χ1) is 6.13. The molecule has 1 aromatic rings. The quantitative estimate of drug-likeness (QED) is 0.709. The number of carbonyl (C=O) groups is 1. The van der Waals surface area contributed by atoms with Gasteiger partial charge in [-0.3, -0.25) is 9.36 Å². The molecule has 1 N–H and O–H groups in total. The van der Waals surface area contributed by atoms with Crippen LogP contribution in [-0.2, 0) is 11.3 Å². The van der Waals surface area contributed by atoms with E-state index in [-0.39, 0.29) is 11.6 Å². The standard InChI is InChI=1S/C8H11N3O2/c1-3-11-5-4-7(9-6(2)12)10-8(11)13/h4-5H,3H2,1-2H3,(H,9,10,12,13). The lowest BCUT2D eigenvalue weighted by Gasteiger charge is -2.02. The number of anilines is 1. The van der Waals surface area contributed by atoms with Gasteiger partial charge in [0.05, 0.1) is 0 Å². The second kappa shape index (κ2) is 3.84. The molecule has 0 aliphatic carbocycles. The van der Waals surface area contributed by atoms with Crippen molar-refractivity contribution in [1.82, 2.24) is 9.55 Å². The van der Waals surface area contributed by atoms with E-state index in [4.69, 9.17) is 0 Å². The van der Waals surface area contributed by atoms with Crippen LogP contribution in [0.15, 0.2) is 17.1 Å². The lowest BCUT2D eigenvalue weighted by Crippen LogP contribution is -2.23. The summed E-state index contributed by atoms with van der Waals surface area (Å²) < 4.78 is 1.45. The molecule has 70 valence electrons. The molecular weight excluding hydrogens is 170 g/mol. The van der Waals surface area contributed by atoms with Gasteiger partial charge in [0.1, 0.15) is 5.82 Å². The van der Waals surface area contributed by atoms with Crippen LogP contribution in [0.2, 0.25) is 0 Å². The minimum absolute atomic E-state index is 0.235. The number of nitrogens with zero attached hydrogens (tertiary/aromatic N) is 2. The highest BCUT2D eigenvalue weighted by atomic mass is 16.2. The smallest absolute Gasteiger partial charge is 0.311 e. The summed E-state index contributed by atoms with van der Waals surface area (Å²) in [4.78, 5) is 25.4. The zero-order chi connectivity index (χ0) is 9.84. The van der Waals surface area contributed by atoms with E-state index in [1.807, 2.05) is 6.92 Å². The molecule has 0 aliphatic heterocycles. The maximum absolute atomic E-state index is 11.2. The van der Waals surface area contributed by atoms with Gasteiger partial charge in [-0.2, -0.15) is 4.98 Å². The number of amides is 1. The van der Waals surface area contributed by atoms with E-state index < -0.39 is 0 Å². The number of carbonyl (C=O) groups excluding carboxylic acids is 1. The Morgan fingerprint density at radius 2 is 2.38 bits per heavy atom. The van der Waals surface area contributed by atoms with E-state index in [9.17, 15) is 9.59 Å². The van der Waals surface area contributed by atoms with Gasteiger partial charge in [0.2, 0.25) is 5.91 Å². The van der Waals surface area contributed by atoms with Crippen molar-refractivity contribution in [3.05, 3.63) is 22.7 Å². The minimum Gasteiger partial charge on any atom is -0.311 e. The Morgan fingerprint density at radius 3 is 2.85 bits per heavy atom. The molecule has 0 spiro atoms. The van der Waals surface area contributed by atoms with Crippen LogP contribution >= 0.6 is 0 Å². The van der Waals surface area contributed by atoms with Crippen LogP contribution in [-0.4, -0.2) is 15.5 Å². The lowest BCUT2D eigenvalue weighted by atomic mass is 10.5. The number of hydrogen-bond donors (Lipinski definition) is 1. The first kappa shape index (κ1) is 9.44. The fourth-order valence-electron chi connectivity index (χ4n) is 0.920. The molecule has 1 heterocycles. The maximum Gasteiger partial charge on any atom is 0.349 e. The van der Waals surface area contributed by atoms with E-state index in [2.05, 4.69) is 10.3 Å². The molecule has 0 unspecified atom stereocenters. The van der Waals surface area contributed by atoms with Crippen molar-refractivity contribution in [1.29, 1.82) is 0 Å². The van der Waals surface area contributed by atoms with Gasteiger partial charge in [-0.05, 0) is 13.0 Å². The third-order valence-electron chi connectivity index (χ3n) is 1.52. The summed E-state index contributed by atoms with van der Waals surface area (Å²) in [6.45, 7) is 3.79. The van der Waals surface area contributed by atoms with Gasteiger partial charge >= 0.3 is 5.69 Å². The molecule has 0 aliphatic rings. The Hall–Kier alpha value is -1.65. The normalized spacial score (nSPS) is 9.69. The zero-order valence-corrected chi connectivity index (χ0v) is 7.57. The van der Waals surface area contributed by atoms with E-state index in [0.29, 0.717) is 12.4 Å². The molecule has 13 heavy (non-hydrogen) atoms. The summed E-state index contributed by atoms with van der Waals surface area (Å²) in [5.41, 5.74) is -0.353. The van der Waals surface area contributed by atoms with Crippen molar-refractivity contribution in [3.63, 3.8) is 0 Å². The van der Waals surface area contributed by atoms with Crippen LogP contribution in [0, 0.1) is 0 Å². The van der Waals surface area contributed by atoms with Crippen LogP contribution in [0.3, 0.4) is 0 Å². The number of aromatic nitrogens is 2. The molecular formula is C8H11N3O2. The largest absolute Gasteiger partial charge is 0.349 e. The Labute approximate surface area is 75.4 Å². The molecule has 1 rings (SSSR count). The molecule has 0 atom stereocenters. The van der Waals surface area contributed by atoms with Crippen molar-refractivity contribution in [2.45, 2.75) is 20.4 Å². The Bertz CT molecular complexity index is 370. The van der Waals surface area contributed by atoms with Crippen molar-refractivity contribution in [3.8, 4) is 0 Å². The van der Waals surface area contributed by atoms with Crippen LogP contribution in [0.25, 0.3) is 0 Å². The predicted octanol–water partition coefficient (Wildman–Crippen LogP) is 0.222. The number of nitrogens with one attached hydrogen (secondary N) is 1. The molecule has 0 aromatic carbocycles. The van der Waals surface area contributed by atoms with Crippen molar-refractivity contribution in [2.75, 3.05) is 5.32 Å². The summed E-state index contributed by atoms with van der Waals surface area (Å²) in [6, 6.07) is 1.59. The summed E-state index contributed by atoms with van der Waals surface area (Å²) in [5.74, 6) is 0.0587. The fourth-order valence-corrected chi connectivity index (χ4v) is 0.920. The Morgan fingerprint density at radius 1 is 1.69 bits per heavy atom. The molecule has 5 nitrogen and oxygen atoms in total. The van der Waals surface area contributed by atoms with Gasteiger partial charge < -0.3 is 5.32 Å². The first-order valence-electron chi connectivity index (χ1n) is 3.98. The first-order valence-corrected chi connectivity index (χ1v) is 3.98. The van der Waals surface area contributed by atoms with Gasteiger partial charge in [0.25, 0.3) is 0 Å². The third kappa shape index (κ3) is 2.40. The highest BCUT2D eigenvalue weighted by Gasteiger charge is 1.99. The second-order valence-corrected chi connectivity index (χ2v) is 2.56. The predicted molar refractivity (Wildman–Crippen MR) is 48.5 cm³/mol. The summed E-state index contributed by atoms with van der Waals surface area (Å²) in [6.07, 6.45) is 1.60. The molecule has 0 saturated heterocycles. The number of hydrogen-bond acceptors (Lipinski definition) is 3. The molecule has 1 amide bonds. The molecule has 0 bridgehead atoms. The summed E-state index contributed by atoms with van der Waals surface area (Å²) in [5, 5.41) is 2.43. The Balaban J connectivity index is 2.96. The SMILES string of the molecule is CCn1ccc(NC(C)=O)nc1=O. The average Bonchev–Trinajstić information content (AvgIpc) is 2.03. The fraction of sp³-hybridized carbons (Fsp3) is 0.375. The van der Waals surface area contributed by atoms with Crippen molar-refractivity contribution < 1.29 is 4.79 Å². The van der Waals surface area contributed by atoms with Gasteiger partial charge in [0.15, 0.2) is 0 Å². The molecule has 0 radical (unpaired) electrons. The van der Waals surface area contributed by atoms with E-state index in [0.717, 1.165) is 0 Å². The van der Waals surface area contributed by atoms with E-state index >= 15 is 0 Å². The minimum atomic E-state index is -0.353. The zero-order valence-electron chi connectivity index (χ0n) is 7.57. The Kier molecular flexibility index (Phi) is 2.79. The van der Waals surface area contributed by atoms with Crippen molar-refractivity contribution >= 4 is 11.7 Å². The monoisotopic (exact) mass is 181 g/mol. The van der Waals surface area contributed by atoms with Gasteiger partial charge in [-0.25, -0.2) is 4.79 Å². The second-order valence-electron chi connectivity index (χ2n) is 2.56. The van der Waals surface area contributed by atoms with Gasteiger partial charge in [0, 0.05) is 19.7 Å². The highest BCUT2D eigenvalue weighted by Crippen LogP contribution is 1.96. The number of aryl methyl sites for hydroxylation is 1. The topological polar surface area (TPSA) is 64.0 Å². The molecule has 0 saturated carbocycles. The lowest BCUT2D eigenvalue weighted by molar-refractivity contribution is -0.114. The molecule has 0 fully saturated rings. The average molecular weight is 181 g/mol. The number of rotatable bonds is 2. The van der Waals surface area contributed by atoms with Gasteiger partial charge in [-0.15, -0.1) is 0 Å². The van der Waals surface area contributed by atoms with E-state index in [1.165, 1.54) is 11.5 Å².